The van der Waals surface area contributed by atoms with E-state index in [9.17, 15) is 14.7 Å². The third-order valence-corrected chi connectivity index (χ3v) is 9.78. The lowest BCUT2D eigenvalue weighted by Crippen LogP contribution is -2.47. The highest BCUT2D eigenvalue weighted by molar-refractivity contribution is 5.93. The molecule has 248 valence electrons. The molecule has 1 aromatic heterocycles. The Kier molecular flexibility index (Phi) is 9.81. The van der Waals surface area contributed by atoms with Crippen LogP contribution in [0.2, 0.25) is 0 Å². The average molecular weight is 635 g/mol. The van der Waals surface area contributed by atoms with Gasteiger partial charge in [-0.1, -0.05) is 44.2 Å². The number of carbonyl (C=O) groups is 2. The number of aliphatic hydroxyl groups excluding tert-OH is 1. The molecule has 6 rings (SSSR count). The van der Waals surface area contributed by atoms with Gasteiger partial charge in [-0.15, -0.1) is 0 Å². The third kappa shape index (κ3) is 7.01. The second kappa shape index (κ2) is 14.0. The Balaban J connectivity index is 1.17. The van der Waals surface area contributed by atoms with Gasteiger partial charge in [0.25, 0.3) is 6.01 Å². The summed E-state index contributed by atoms with van der Waals surface area (Å²) in [5.41, 5.74) is 2.92. The minimum absolute atomic E-state index is 0.0421. The van der Waals surface area contributed by atoms with Crippen LogP contribution in [0.4, 0.5) is 16.5 Å². The van der Waals surface area contributed by atoms with E-state index in [1.165, 1.54) is 0 Å². The first-order chi connectivity index (χ1) is 22.2. The third-order valence-electron chi connectivity index (χ3n) is 9.78. The van der Waals surface area contributed by atoms with Gasteiger partial charge < -0.3 is 34.0 Å². The van der Waals surface area contributed by atoms with E-state index in [4.69, 9.17) is 18.6 Å². The number of aliphatic hydroxyl groups is 1. The highest BCUT2D eigenvalue weighted by atomic mass is 16.7. The molecule has 2 aromatic carbocycles. The lowest BCUT2D eigenvalue weighted by atomic mass is 9.90. The van der Waals surface area contributed by atoms with Crippen molar-refractivity contribution in [1.82, 2.24) is 9.88 Å². The molecule has 3 aromatic rings. The average Bonchev–Trinajstić information content (AvgIpc) is 3.74. The monoisotopic (exact) mass is 634 g/mol. The molecule has 11 nitrogen and oxygen atoms in total. The quantitative estimate of drug-likeness (QED) is 0.252. The van der Waals surface area contributed by atoms with Crippen molar-refractivity contribution in [2.45, 2.75) is 58.0 Å². The van der Waals surface area contributed by atoms with E-state index < -0.39 is 12.0 Å². The van der Waals surface area contributed by atoms with Crippen molar-refractivity contribution in [3.05, 3.63) is 54.1 Å². The minimum atomic E-state index is -0.959. The van der Waals surface area contributed by atoms with Crippen LogP contribution in [0.25, 0.3) is 11.1 Å². The first-order valence-electron chi connectivity index (χ1n) is 16.5. The first kappa shape index (κ1) is 32.3. The van der Waals surface area contributed by atoms with Crippen LogP contribution in [0.3, 0.4) is 0 Å². The van der Waals surface area contributed by atoms with E-state index in [1.54, 1.807) is 30.0 Å². The topological polar surface area (TPSA) is 127 Å². The molecule has 2 N–H and O–H groups in total. The number of nitrogens with zero attached hydrogens (tertiary/aromatic N) is 3. The van der Waals surface area contributed by atoms with Crippen LogP contribution in [0.1, 0.15) is 38.7 Å². The van der Waals surface area contributed by atoms with Gasteiger partial charge in [0.15, 0.2) is 11.9 Å². The van der Waals surface area contributed by atoms with Crippen molar-refractivity contribution in [2.24, 2.45) is 29.6 Å². The number of aromatic nitrogens is 1. The number of urea groups is 1. The van der Waals surface area contributed by atoms with Gasteiger partial charge >= 0.3 is 12.0 Å². The summed E-state index contributed by atoms with van der Waals surface area (Å²) in [6, 6.07) is 15.4. The predicted molar refractivity (Wildman–Crippen MR) is 173 cm³/mol. The Morgan fingerprint density at radius 3 is 2.65 bits per heavy atom. The number of oxazole rings is 1. The molecule has 3 heterocycles. The number of rotatable bonds is 13. The fourth-order valence-corrected chi connectivity index (χ4v) is 7.13. The van der Waals surface area contributed by atoms with Gasteiger partial charge in [0.1, 0.15) is 11.6 Å². The van der Waals surface area contributed by atoms with Gasteiger partial charge in [-0.25, -0.2) is 4.79 Å². The summed E-state index contributed by atoms with van der Waals surface area (Å²) in [7, 11) is 3.45. The van der Waals surface area contributed by atoms with Gasteiger partial charge in [0.05, 0.1) is 25.7 Å². The molecule has 46 heavy (non-hydrogen) atoms. The van der Waals surface area contributed by atoms with Gasteiger partial charge in [0, 0.05) is 56.5 Å². The molecule has 5 unspecified atom stereocenters. The molecule has 0 radical (unpaired) electrons. The Hall–Kier alpha value is -3.67. The van der Waals surface area contributed by atoms with Crippen molar-refractivity contribution in [1.29, 1.82) is 0 Å². The molecule has 2 aliphatic heterocycles. The summed E-state index contributed by atoms with van der Waals surface area (Å²) in [4.78, 5) is 35.1. The summed E-state index contributed by atoms with van der Waals surface area (Å²) in [6.45, 7) is 5.83. The smallest absolute Gasteiger partial charge is 0.324 e. The minimum Gasteiger partial charge on any atom is -0.462 e. The number of carbonyl (C=O) groups excluding carboxylic acids is 2. The van der Waals surface area contributed by atoms with Crippen molar-refractivity contribution in [3.8, 4) is 0 Å². The van der Waals surface area contributed by atoms with E-state index in [-0.39, 0.29) is 55.1 Å². The number of hydrogen-bond donors (Lipinski definition) is 2. The van der Waals surface area contributed by atoms with Crippen LogP contribution < -0.4 is 10.2 Å². The second-order valence-corrected chi connectivity index (χ2v) is 13.4. The predicted octanol–water partition coefficient (Wildman–Crippen LogP) is 4.93. The zero-order valence-corrected chi connectivity index (χ0v) is 27.1. The van der Waals surface area contributed by atoms with Crippen molar-refractivity contribution in [3.63, 3.8) is 0 Å². The van der Waals surface area contributed by atoms with Crippen molar-refractivity contribution in [2.75, 3.05) is 50.6 Å². The Morgan fingerprint density at radius 1 is 1.11 bits per heavy atom. The van der Waals surface area contributed by atoms with E-state index in [1.807, 2.05) is 42.5 Å². The van der Waals surface area contributed by atoms with Crippen molar-refractivity contribution < 1.29 is 33.3 Å². The van der Waals surface area contributed by atoms with Crippen LogP contribution in [-0.4, -0.2) is 85.9 Å². The van der Waals surface area contributed by atoms with E-state index in [0.29, 0.717) is 54.9 Å². The lowest BCUT2D eigenvalue weighted by Gasteiger charge is -2.33. The molecule has 7 atom stereocenters. The molecule has 3 aliphatic rings. The number of fused-ring (bicyclic) bond motifs is 2. The molecule has 0 spiro atoms. The molecular formula is C35H46N4O7. The molecule has 3 fully saturated rings. The number of anilines is 2. The number of nitrogens with one attached hydrogen (secondary N) is 1. The van der Waals surface area contributed by atoms with Crippen LogP contribution in [-0.2, 0) is 25.4 Å². The summed E-state index contributed by atoms with van der Waals surface area (Å²) in [5, 5.41) is 14.6. The van der Waals surface area contributed by atoms with Crippen molar-refractivity contribution >= 4 is 34.8 Å². The maximum atomic E-state index is 14.0. The normalized spacial score (nSPS) is 24.6. The summed E-state index contributed by atoms with van der Waals surface area (Å²) >= 11 is 0. The zero-order valence-electron chi connectivity index (χ0n) is 27.1. The second-order valence-electron chi connectivity index (χ2n) is 13.4. The number of amides is 2. The summed E-state index contributed by atoms with van der Waals surface area (Å²) in [6.07, 6.45) is 0.855. The maximum Gasteiger partial charge on any atom is 0.324 e. The van der Waals surface area contributed by atoms with Crippen LogP contribution in [0.15, 0.2) is 52.9 Å². The number of ether oxygens (including phenoxy) is 3. The van der Waals surface area contributed by atoms with E-state index in [2.05, 4.69) is 24.1 Å². The Labute approximate surface area is 270 Å². The highest BCUT2D eigenvalue weighted by Crippen LogP contribution is 2.49. The fraction of sp³-hybridized carbons (Fsp3) is 0.571. The Morgan fingerprint density at radius 2 is 1.89 bits per heavy atom. The fourth-order valence-electron chi connectivity index (χ4n) is 7.13. The molecule has 2 saturated heterocycles. The maximum absolute atomic E-state index is 14.0. The SMILES string of the molecule is CNc1nc2cc(N(C)C(=O)N(CCC(C)C)C[C@@H](O)[C@@H](CC(=O)OC3C4COC5OCC3C5C4)Cc3ccccc3)ccc2o1. The van der Waals surface area contributed by atoms with Crippen LogP contribution in [0, 0.1) is 29.6 Å². The van der Waals surface area contributed by atoms with E-state index in [0.717, 1.165) is 18.4 Å². The first-order valence-corrected chi connectivity index (χ1v) is 16.5. The van der Waals surface area contributed by atoms with Gasteiger partial charge in [-0.2, -0.15) is 4.98 Å². The number of benzene rings is 2. The van der Waals surface area contributed by atoms with Gasteiger partial charge in [0.2, 0.25) is 0 Å². The summed E-state index contributed by atoms with van der Waals surface area (Å²) < 4.78 is 23.4. The molecule has 2 amide bonds. The lowest BCUT2D eigenvalue weighted by molar-refractivity contribution is -0.178. The van der Waals surface area contributed by atoms with Gasteiger partial charge in [-0.05, 0) is 48.9 Å². The largest absolute Gasteiger partial charge is 0.462 e. The standard InChI is InChI=1S/C35H46N4O7/c1-21(2)12-13-39(35(42)38(4)25-10-11-30-28(17-25)37-34(36-3)45-30)18-29(40)23(14-22-8-6-5-7-9-22)16-31(41)46-32-24-15-26-27(32)20-44-33(26)43-19-24/h5-11,17,21,23-24,26-27,29,32-33,40H,12-16,18-20H2,1-4H3,(H,36,37)/t23-,24?,26?,27?,29-,32?,33?/m1/s1. The number of hydrogen-bond acceptors (Lipinski definition) is 9. The highest BCUT2D eigenvalue weighted by Gasteiger charge is 2.56. The van der Waals surface area contributed by atoms with Crippen LogP contribution >= 0.6 is 0 Å². The summed E-state index contributed by atoms with van der Waals surface area (Å²) in [5.74, 6) is 0.173. The molecular weight excluding hydrogens is 588 g/mol. The molecule has 1 aliphatic carbocycles. The van der Waals surface area contributed by atoms with E-state index >= 15 is 0 Å². The zero-order chi connectivity index (χ0) is 32.4. The molecule has 11 heteroatoms. The van der Waals surface area contributed by atoms with Gasteiger partial charge in [-0.3, -0.25) is 9.69 Å². The molecule has 1 saturated carbocycles. The Bertz CT molecular complexity index is 1500. The number of esters is 1. The molecule has 2 bridgehead atoms. The van der Waals surface area contributed by atoms with Crippen LogP contribution in [0.5, 0.6) is 0 Å².